The number of benzene rings is 1. The number of nitrogen functional groups attached to an aromatic ring is 1. The van der Waals surface area contributed by atoms with Crippen molar-refractivity contribution in [2.24, 2.45) is 0 Å². The van der Waals surface area contributed by atoms with Crippen LogP contribution in [0.1, 0.15) is 23.2 Å². The second-order valence-electron chi connectivity index (χ2n) is 5.29. The highest BCUT2D eigenvalue weighted by molar-refractivity contribution is 7.22. The van der Waals surface area contributed by atoms with E-state index in [9.17, 15) is 18.0 Å². The van der Waals surface area contributed by atoms with Crippen molar-refractivity contribution in [3.63, 3.8) is 0 Å². The number of amides is 1. The van der Waals surface area contributed by atoms with Crippen LogP contribution in [-0.4, -0.2) is 41.3 Å². The number of thiazole rings is 1. The molecule has 0 unspecified atom stereocenters. The Morgan fingerprint density at radius 2 is 2.04 bits per heavy atom. The van der Waals surface area contributed by atoms with Crippen LogP contribution in [0.25, 0.3) is 10.2 Å². The molecule has 3 rings (SSSR count). The summed E-state index contributed by atoms with van der Waals surface area (Å²) in [5, 5.41) is 0.426. The van der Waals surface area contributed by atoms with Gasteiger partial charge in [-0.3, -0.25) is 9.53 Å². The molecule has 124 valence electrons. The third-order valence-electron chi connectivity index (χ3n) is 3.68. The normalized spacial score (nSPS) is 16.9. The van der Waals surface area contributed by atoms with E-state index < -0.39 is 12.5 Å². The van der Waals surface area contributed by atoms with Gasteiger partial charge in [0.05, 0.1) is 16.3 Å². The number of halogens is 3. The molecule has 1 aromatic heterocycles. The van der Waals surface area contributed by atoms with Crippen molar-refractivity contribution in [1.29, 1.82) is 0 Å². The summed E-state index contributed by atoms with van der Waals surface area (Å²) in [6.45, 7) is 0.466. The van der Waals surface area contributed by atoms with Crippen LogP contribution in [0.4, 0.5) is 18.3 Å². The number of aromatic nitrogens is 1. The molecule has 5 nitrogen and oxygen atoms in total. The first-order chi connectivity index (χ1) is 10.8. The zero-order valence-electron chi connectivity index (χ0n) is 12.0. The fourth-order valence-corrected chi connectivity index (χ4v) is 3.34. The lowest BCUT2D eigenvalue weighted by atomic mass is 10.1. The minimum atomic E-state index is -4.63. The van der Waals surface area contributed by atoms with Crippen molar-refractivity contribution >= 4 is 32.6 Å². The summed E-state index contributed by atoms with van der Waals surface area (Å²) in [5.74, 6) is -0.219. The van der Waals surface area contributed by atoms with Gasteiger partial charge < -0.3 is 10.6 Å². The molecule has 1 saturated heterocycles. The number of alkyl halides is 3. The molecule has 1 aliphatic rings. The van der Waals surface area contributed by atoms with Crippen LogP contribution in [0.2, 0.25) is 0 Å². The minimum absolute atomic E-state index is 0.164. The van der Waals surface area contributed by atoms with E-state index in [1.807, 2.05) is 0 Å². The molecule has 0 radical (unpaired) electrons. The summed E-state index contributed by atoms with van der Waals surface area (Å²) < 4.78 is 41.5. The van der Waals surface area contributed by atoms with E-state index >= 15 is 0 Å². The zero-order valence-corrected chi connectivity index (χ0v) is 12.8. The van der Waals surface area contributed by atoms with Gasteiger partial charge in [0.15, 0.2) is 5.13 Å². The van der Waals surface area contributed by atoms with Gasteiger partial charge in [0.25, 0.3) is 5.91 Å². The molecule has 1 amide bonds. The maximum absolute atomic E-state index is 12.4. The van der Waals surface area contributed by atoms with Gasteiger partial charge >= 0.3 is 6.36 Å². The van der Waals surface area contributed by atoms with Gasteiger partial charge in [0, 0.05) is 18.7 Å². The van der Waals surface area contributed by atoms with Gasteiger partial charge in [-0.25, -0.2) is 4.98 Å². The number of hydrogen-bond donors (Lipinski definition) is 1. The van der Waals surface area contributed by atoms with E-state index in [4.69, 9.17) is 5.73 Å². The van der Waals surface area contributed by atoms with Crippen LogP contribution < -0.4 is 5.73 Å². The monoisotopic (exact) mass is 345 g/mol. The molecular formula is C14H14F3N3O2S. The molecule has 23 heavy (non-hydrogen) atoms. The molecule has 1 aromatic carbocycles. The van der Waals surface area contributed by atoms with Gasteiger partial charge in [-0.1, -0.05) is 11.3 Å². The Hall–Kier alpha value is -1.87. The molecular weight excluding hydrogens is 331 g/mol. The Labute approximate surface area is 133 Å². The number of carbonyl (C=O) groups is 1. The number of hydrogen-bond acceptors (Lipinski definition) is 5. The molecule has 2 heterocycles. The minimum Gasteiger partial charge on any atom is -0.375 e. The summed E-state index contributed by atoms with van der Waals surface area (Å²) in [5.41, 5.74) is 6.73. The Morgan fingerprint density at radius 1 is 1.35 bits per heavy atom. The van der Waals surface area contributed by atoms with Crippen LogP contribution in [0, 0.1) is 0 Å². The average Bonchev–Trinajstić information content (AvgIpc) is 2.84. The lowest BCUT2D eigenvalue weighted by Crippen LogP contribution is -2.42. The number of ether oxygens (including phenoxy) is 1. The molecule has 2 N–H and O–H groups in total. The highest BCUT2D eigenvalue weighted by Gasteiger charge is 2.35. The van der Waals surface area contributed by atoms with Gasteiger partial charge in [-0.2, -0.15) is 0 Å². The van der Waals surface area contributed by atoms with Crippen molar-refractivity contribution in [1.82, 2.24) is 9.88 Å². The summed E-state index contributed by atoms with van der Waals surface area (Å²) >= 11 is 1.33. The highest BCUT2D eigenvalue weighted by Crippen LogP contribution is 2.27. The van der Waals surface area contributed by atoms with E-state index in [1.165, 1.54) is 16.2 Å². The van der Waals surface area contributed by atoms with Crippen LogP contribution in [0.5, 0.6) is 0 Å². The quantitative estimate of drug-likeness (QED) is 0.908. The molecule has 9 heteroatoms. The number of likely N-dealkylation sites (tertiary alicyclic amines) is 1. The van der Waals surface area contributed by atoms with Gasteiger partial charge in [-0.05, 0) is 31.0 Å². The Kier molecular flexibility index (Phi) is 4.15. The van der Waals surface area contributed by atoms with E-state index in [0.717, 1.165) is 4.70 Å². The number of rotatable bonds is 2. The number of fused-ring (bicyclic) bond motifs is 1. The molecule has 0 aliphatic carbocycles. The van der Waals surface area contributed by atoms with E-state index in [1.54, 1.807) is 18.2 Å². The first-order valence-electron chi connectivity index (χ1n) is 7.02. The van der Waals surface area contributed by atoms with Crippen LogP contribution in [0.15, 0.2) is 18.2 Å². The summed E-state index contributed by atoms with van der Waals surface area (Å²) in [4.78, 5) is 18.1. The smallest absolute Gasteiger partial charge is 0.375 e. The zero-order chi connectivity index (χ0) is 16.6. The third-order valence-corrected chi connectivity index (χ3v) is 4.55. The van der Waals surface area contributed by atoms with E-state index in [-0.39, 0.29) is 31.8 Å². The molecule has 0 saturated carbocycles. The number of piperidine rings is 1. The summed E-state index contributed by atoms with van der Waals surface area (Å²) in [6.07, 6.45) is -5.19. The largest absolute Gasteiger partial charge is 0.522 e. The average molecular weight is 345 g/mol. The fraction of sp³-hybridized carbons (Fsp3) is 0.429. The van der Waals surface area contributed by atoms with Crippen molar-refractivity contribution in [3.05, 3.63) is 23.8 Å². The van der Waals surface area contributed by atoms with Crippen molar-refractivity contribution in [2.75, 3.05) is 18.8 Å². The standard InChI is InChI=1S/C14H14F3N3O2S/c15-14(16,17)22-9-3-5-20(6-4-9)12(21)8-1-2-11-10(7-8)19-13(18)23-11/h1-2,7,9H,3-6H2,(H2,18,19). The maximum atomic E-state index is 12.4. The van der Waals surface area contributed by atoms with Gasteiger partial charge in [0.2, 0.25) is 0 Å². The van der Waals surface area contributed by atoms with Gasteiger partial charge in [0.1, 0.15) is 0 Å². The van der Waals surface area contributed by atoms with Crippen molar-refractivity contribution < 1.29 is 22.7 Å². The number of anilines is 1. The fourth-order valence-electron chi connectivity index (χ4n) is 2.63. The van der Waals surface area contributed by atoms with Gasteiger partial charge in [-0.15, -0.1) is 13.2 Å². The number of nitrogens with zero attached hydrogens (tertiary/aromatic N) is 2. The molecule has 0 spiro atoms. The van der Waals surface area contributed by atoms with E-state index in [2.05, 4.69) is 9.72 Å². The Morgan fingerprint density at radius 3 is 2.70 bits per heavy atom. The molecule has 1 aliphatic heterocycles. The SMILES string of the molecule is Nc1nc2cc(C(=O)N3CCC(OC(F)(F)F)CC3)ccc2s1. The summed E-state index contributed by atoms with van der Waals surface area (Å²) in [7, 11) is 0. The predicted octanol–water partition coefficient (Wildman–Crippen LogP) is 3.02. The summed E-state index contributed by atoms with van der Waals surface area (Å²) in [6, 6.07) is 5.11. The molecule has 0 bridgehead atoms. The first kappa shape index (κ1) is 16.0. The molecule has 1 fully saturated rings. The van der Waals surface area contributed by atoms with Crippen molar-refractivity contribution in [3.8, 4) is 0 Å². The first-order valence-corrected chi connectivity index (χ1v) is 7.83. The highest BCUT2D eigenvalue weighted by atomic mass is 32.1. The van der Waals surface area contributed by atoms with Crippen LogP contribution in [-0.2, 0) is 4.74 Å². The topological polar surface area (TPSA) is 68.5 Å². The molecule has 0 atom stereocenters. The van der Waals surface area contributed by atoms with Crippen molar-refractivity contribution in [2.45, 2.75) is 25.3 Å². The molecule has 2 aromatic rings. The second kappa shape index (κ2) is 5.97. The van der Waals surface area contributed by atoms with Crippen LogP contribution >= 0.6 is 11.3 Å². The van der Waals surface area contributed by atoms with E-state index in [0.29, 0.717) is 16.2 Å². The Balaban J connectivity index is 1.66. The second-order valence-corrected chi connectivity index (χ2v) is 6.35. The number of nitrogens with two attached hydrogens (primary N) is 1. The Bertz CT molecular complexity index is 724. The van der Waals surface area contributed by atoms with Crippen LogP contribution in [0.3, 0.4) is 0 Å². The third kappa shape index (κ3) is 3.73. The maximum Gasteiger partial charge on any atom is 0.522 e. The number of carbonyl (C=O) groups excluding carboxylic acids is 1. The lowest BCUT2D eigenvalue weighted by Gasteiger charge is -2.32. The lowest BCUT2D eigenvalue weighted by molar-refractivity contribution is -0.345. The predicted molar refractivity (Wildman–Crippen MR) is 80.1 cm³/mol.